The lowest BCUT2D eigenvalue weighted by atomic mass is 9.93. The summed E-state index contributed by atoms with van der Waals surface area (Å²) in [5.41, 5.74) is 8.98. The number of hydrogen-bond acceptors (Lipinski definition) is 4. The van der Waals surface area contributed by atoms with E-state index in [1.165, 1.54) is 5.56 Å². The summed E-state index contributed by atoms with van der Waals surface area (Å²) >= 11 is 0. The Morgan fingerprint density at radius 3 is 3.00 bits per heavy atom. The number of fused-ring (bicyclic) bond motifs is 1. The maximum absolute atomic E-state index is 12.2. The van der Waals surface area contributed by atoms with Crippen molar-refractivity contribution in [3.8, 4) is 0 Å². The molecule has 0 amide bonds. The van der Waals surface area contributed by atoms with Crippen LogP contribution in [-0.2, 0) is 11.2 Å². The molecule has 0 saturated heterocycles. The van der Waals surface area contributed by atoms with Gasteiger partial charge in [-0.15, -0.1) is 0 Å². The molecule has 4 heteroatoms. The van der Waals surface area contributed by atoms with E-state index < -0.39 is 0 Å². The van der Waals surface area contributed by atoms with Crippen LogP contribution in [0.1, 0.15) is 23.5 Å². The number of nitrogens with zero attached hydrogens (tertiary/aromatic N) is 1. The summed E-state index contributed by atoms with van der Waals surface area (Å²) in [5, 5.41) is 3.34. The van der Waals surface area contributed by atoms with E-state index >= 15 is 0 Å². The molecular formula is C16H17N3O. The van der Waals surface area contributed by atoms with Crippen LogP contribution in [0, 0.1) is 0 Å². The highest BCUT2D eigenvalue weighted by atomic mass is 16.1. The Balaban J connectivity index is 1.68. The fourth-order valence-corrected chi connectivity index (χ4v) is 2.70. The van der Waals surface area contributed by atoms with Gasteiger partial charge in [-0.25, -0.2) is 4.98 Å². The second-order valence-electron chi connectivity index (χ2n) is 5.13. The van der Waals surface area contributed by atoms with Gasteiger partial charge in [0, 0.05) is 42.8 Å². The maximum Gasteiger partial charge on any atom is 0.138 e. The average Bonchev–Trinajstić information content (AvgIpc) is 2.85. The molecule has 2 heterocycles. The molecule has 1 aromatic heterocycles. The van der Waals surface area contributed by atoms with Crippen LogP contribution in [0.3, 0.4) is 0 Å². The first-order chi connectivity index (χ1) is 9.74. The number of anilines is 2. The Labute approximate surface area is 118 Å². The fraction of sp³-hybridized carbons (Fsp3) is 0.250. The van der Waals surface area contributed by atoms with E-state index in [0.29, 0.717) is 18.7 Å². The van der Waals surface area contributed by atoms with E-state index in [9.17, 15) is 4.79 Å². The summed E-state index contributed by atoms with van der Waals surface area (Å²) in [4.78, 5) is 16.2. The monoisotopic (exact) mass is 267 g/mol. The Bertz CT molecular complexity index is 639. The smallest absolute Gasteiger partial charge is 0.138 e. The molecule has 0 fully saturated rings. The van der Waals surface area contributed by atoms with E-state index in [2.05, 4.69) is 22.4 Å². The summed E-state index contributed by atoms with van der Waals surface area (Å²) in [7, 11) is 0. The van der Waals surface area contributed by atoms with Crippen LogP contribution >= 0.6 is 0 Å². The number of aromatic nitrogens is 1. The number of Topliss-reactive ketones (excluding diaryl/α,β-unsaturated/α-hetero) is 1. The van der Waals surface area contributed by atoms with Crippen LogP contribution in [0.25, 0.3) is 0 Å². The predicted octanol–water partition coefficient (Wildman–Crippen LogP) is 2.37. The van der Waals surface area contributed by atoms with Crippen molar-refractivity contribution in [3.05, 3.63) is 53.7 Å². The molecule has 0 spiro atoms. The van der Waals surface area contributed by atoms with Gasteiger partial charge < -0.3 is 11.1 Å². The molecule has 20 heavy (non-hydrogen) atoms. The Kier molecular flexibility index (Phi) is 3.37. The Hall–Kier alpha value is -2.36. The summed E-state index contributed by atoms with van der Waals surface area (Å²) < 4.78 is 0. The van der Waals surface area contributed by atoms with E-state index in [-0.39, 0.29) is 11.7 Å². The number of nitrogen functional groups attached to an aromatic ring is 1. The highest BCUT2D eigenvalue weighted by Gasteiger charge is 2.24. The Morgan fingerprint density at radius 2 is 2.15 bits per heavy atom. The van der Waals surface area contributed by atoms with Crippen molar-refractivity contribution in [1.82, 2.24) is 4.98 Å². The van der Waals surface area contributed by atoms with Crippen LogP contribution in [0.15, 0.2) is 42.6 Å². The zero-order valence-corrected chi connectivity index (χ0v) is 11.2. The standard InChI is InChI=1S/C16H17N3O/c17-16-11(4-3-7-18-16)8-13(20)9-12-10-19-15-6-2-1-5-14(12)15/h1-7,12,19H,8-10H2,(H2,17,18). The van der Waals surface area contributed by atoms with Crippen molar-refractivity contribution in [2.75, 3.05) is 17.6 Å². The molecule has 4 nitrogen and oxygen atoms in total. The van der Waals surface area contributed by atoms with Crippen molar-refractivity contribution >= 4 is 17.3 Å². The van der Waals surface area contributed by atoms with Crippen molar-refractivity contribution in [2.45, 2.75) is 18.8 Å². The first-order valence-electron chi connectivity index (χ1n) is 6.78. The van der Waals surface area contributed by atoms with Crippen molar-refractivity contribution < 1.29 is 4.79 Å². The number of carbonyl (C=O) groups excluding carboxylic acids is 1. The molecule has 3 N–H and O–H groups in total. The first-order valence-corrected chi connectivity index (χ1v) is 6.78. The molecule has 1 atom stereocenters. The quantitative estimate of drug-likeness (QED) is 0.892. The molecule has 2 aromatic rings. The number of ketones is 1. The van der Waals surface area contributed by atoms with Gasteiger partial charge in [-0.3, -0.25) is 4.79 Å². The van der Waals surface area contributed by atoms with Crippen LogP contribution < -0.4 is 11.1 Å². The number of para-hydroxylation sites is 1. The third-order valence-corrected chi connectivity index (χ3v) is 3.73. The summed E-state index contributed by atoms with van der Waals surface area (Å²) in [6.45, 7) is 0.827. The molecule has 1 unspecified atom stereocenters. The lowest BCUT2D eigenvalue weighted by Gasteiger charge is -2.09. The zero-order chi connectivity index (χ0) is 13.9. The van der Waals surface area contributed by atoms with Gasteiger partial charge in [0.25, 0.3) is 0 Å². The van der Waals surface area contributed by atoms with Crippen LogP contribution in [0.2, 0.25) is 0 Å². The SMILES string of the molecule is Nc1ncccc1CC(=O)CC1CNc2ccccc21. The molecular weight excluding hydrogens is 250 g/mol. The number of carbonyl (C=O) groups is 1. The van der Waals surface area contributed by atoms with Crippen LogP contribution in [0.4, 0.5) is 11.5 Å². The third kappa shape index (κ3) is 2.50. The molecule has 0 radical (unpaired) electrons. The number of nitrogens with one attached hydrogen (secondary N) is 1. The molecule has 0 saturated carbocycles. The van der Waals surface area contributed by atoms with Crippen molar-refractivity contribution in [2.24, 2.45) is 0 Å². The number of pyridine rings is 1. The van der Waals surface area contributed by atoms with E-state index in [4.69, 9.17) is 5.73 Å². The molecule has 1 aliphatic rings. The van der Waals surface area contributed by atoms with Gasteiger partial charge in [-0.2, -0.15) is 0 Å². The molecule has 102 valence electrons. The molecule has 0 bridgehead atoms. The molecule has 0 aliphatic carbocycles. The lowest BCUT2D eigenvalue weighted by molar-refractivity contribution is -0.118. The molecule has 1 aromatic carbocycles. The van der Waals surface area contributed by atoms with Gasteiger partial charge in [-0.05, 0) is 17.7 Å². The van der Waals surface area contributed by atoms with E-state index in [0.717, 1.165) is 17.8 Å². The van der Waals surface area contributed by atoms with E-state index in [1.54, 1.807) is 6.20 Å². The van der Waals surface area contributed by atoms with Gasteiger partial charge in [0.15, 0.2) is 0 Å². The highest BCUT2D eigenvalue weighted by molar-refractivity contribution is 5.83. The molecule has 3 rings (SSSR count). The normalized spacial score (nSPS) is 16.5. The maximum atomic E-state index is 12.2. The predicted molar refractivity (Wildman–Crippen MR) is 79.7 cm³/mol. The van der Waals surface area contributed by atoms with Crippen LogP contribution in [0.5, 0.6) is 0 Å². The number of rotatable bonds is 4. The minimum atomic E-state index is 0.202. The average molecular weight is 267 g/mol. The van der Waals surface area contributed by atoms with Gasteiger partial charge >= 0.3 is 0 Å². The largest absolute Gasteiger partial charge is 0.384 e. The van der Waals surface area contributed by atoms with Crippen molar-refractivity contribution in [3.63, 3.8) is 0 Å². The highest BCUT2D eigenvalue weighted by Crippen LogP contribution is 2.33. The number of nitrogens with two attached hydrogens (primary N) is 1. The second kappa shape index (κ2) is 5.33. The lowest BCUT2D eigenvalue weighted by Crippen LogP contribution is -2.12. The number of benzene rings is 1. The number of hydrogen-bond donors (Lipinski definition) is 2. The minimum Gasteiger partial charge on any atom is -0.384 e. The zero-order valence-electron chi connectivity index (χ0n) is 11.2. The van der Waals surface area contributed by atoms with E-state index in [1.807, 2.05) is 24.3 Å². The Morgan fingerprint density at radius 1 is 1.30 bits per heavy atom. The topological polar surface area (TPSA) is 68.0 Å². The van der Waals surface area contributed by atoms with Crippen LogP contribution in [-0.4, -0.2) is 17.3 Å². The first kappa shape index (κ1) is 12.7. The summed E-state index contributed by atoms with van der Waals surface area (Å²) in [6.07, 6.45) is 2.54. The third-order valence-electron chi connectivity index (χ3n) is 3.73. The second-order valence-corrected chi connectivity index (χ2v) is 5.13. The van der Waals surface area contributed by atoms with Crippen molar-refractivity contribution in [1.29, 1.82) is 0 Å². The van der Waals surface area contributed by atoms with Gasteiger partial charge in [-0.1, -0.05) is 24.3 Å². The summed E-state index contributed by atoms with van der Waals surface area (Å²) in [6, 6.07) is 11.8. The fourth-order valence-electron chi connectivity index (χ4n) is 2.70. The minimum absolute atomic E-state index is 0.202. The summed E-state index contributed by atoms with van der Waals surface area (Å²) in [5.74, 6) is 0.913. The molecule has 1 aliphatic heterocycles. The van der Waals surface area contributed by atoms with Gasteiger partial charge in [0.1, 0.15) is 11.6 Å². The van der Waals surface area contributed by atoms with Gasteiger partial charge in [0.05, 0.1) is 0 Å². The van der Waals surface area contributed by atoms with Gasteiger partial charge in [0.2, 0.25) is 0 Å².